The second-order valence-electron chi connectivity index (χ2n) is 7.24. The lowest BCUT2D eigenvalue weighted by molar-refractivity contribution is 0.374. The fraction of sp³-hybridized carbons (Fsp3) is 0.579. The summed E-state index contributed by atoms with van der Waals surface area (Å²) in [6.07, 6.45) is 6.19. The number of piperidine rings is 1. The van der Waals surface area contributed by atoms with Gasteiger partial charge in [0.15, 0.2) is 5.82 Å². The van der Waals surface area contributed by atoms with E-state index in [9.17, 15) is 0 Å². The molecule has 0 bridgehead atoms. The highest BCUT2D eigenvalue weighted by Gasteiger charge is 2.23. The maximum Gasteiger partial charge on any atom is 0.167 e. The van der Waals surface area contributed by atoms with Crippen molar-refractivity contribution in [3.63, 3.8) is 0 Å². The van der Waals surface area contributed by atoms with Crippen LogP contribution in [0.1, 0.15) is 55.0 Å². The van der Waals surface area contributed by atoms with Crippen LogP contribution in [0, 0.1) is 6.92 Å². The maximum atomic E-state index is 4.43. The number of hydrogen-bond acceptors (Lipinski definition) is 4. The number of fused-ring (bicyclic) bond motifs is 1. The van der Waals surface area contributed by atoms with Crippen molar-refractivity contribution in [2.24, 2.45) is 0 Å². The van der Waals surface area contributed by atoms with E-state index in [-0.39, 0.29) is 6.04 Å². The van der Waals surface area contributed by atoms with E-state index in [1.165, 1.54) is 37.8 Å². The van der Waals surface area contributed by atoms with Crippen molar-refractivity contribution in [2.45, 2.75) is 58.0 Å². The minimum absolute atomic E-state index is 0.200. The summed E-state index contributed by atoms with van der Waals surface area (Å²) in [6, 6.07) is 7.83. The molecule has 128 valence electrons. The van der Waals surface area contributed by atoms with Gasteiger partial charge in [-0.3, -0.25) is 5.10 Å². The fourth-order valence-corrected chi connectivity index (χ4v) is 4.04. The van der Waals surface area contributed by atoms with E-state index in [2.05, 4.69) is 50.5 Å². The van der Waals surface area contributed by atoms with Gasteiger partial charge in [-0.25, -0.2) is 4.98 Å². The standard InChI is InChI=1S/C19H27N5/c1-13(19-21-14(2)22-23-19)20-17-8-10-24(11-9-17)18-7-6-15-4-3-5-16(15)12-18/h6-7,12-13,17,20H,3-5,8-11H2,1-2H3,(H,21,22,23). The smallest absolute Gasteiger partial charge is 0.167 e. The van der Waals surface area contributed by atoms with E-state index >= 15 is 0 Å². The molecule has 2 N–H and O–H groups in total. The first-order valence-electron chi connectivity index (χ1n) is 9.21. The molecule has 0 saturated carbocycles. The van der Waals surface area contributed by atoms with E-state index in [4.69, 9.17) is 0 Å². The average molecular weight is 325 g/mol. The quantitative estimate of drug-likeness (QED) is 0.907. The first-order chi connectivity index (χ1) is 11.7. The molecule has 2 aromatic rings. The van der Waals surface area contributed by atoms with E-state index < -0.39 is 0 Å². The number of hydrogen-bond donors (Lipinski definition) is 2. The molecule has 5 nitrogen and oxygen atoms in total. The summed E-state index contributed by atoms with van der Waals surface area (Å²) in [5, 5.41) is 10.9. The minimum Gasteiger partial charge on any atom is -0.371 e. The molecule has 0 spiro atoms. The molecule has 4 rings (SSSR count). The van der Waals surface area contributed by atoms with Crippen molar-refractivity contribution in [3.05, 3.63) is 41.0 Å². The molecule has 1 aliphatic heterocycles. The van der Waals surface area contributed by atoms with E-state index in [1.807, 2.05) is 6.92 Å². The van der Waals surface area contributed by atoms with Crippen LogP contribution >= 0.6 is 0 Å². The molecule has 1 aromatic carbocycles. The SMILES string of the molecule is Cc1nc(C(C)NC2CCN(c3ccc4c(c3)CCC4)CC2)n[nH]1. The lowest BCUT2D eigenvalue weighted by Crippen LogP contribution is -2.43. The number of aromatic nitrogens is 3. The Morgan fingerprint density at radius 1 is 1.21 bits per heavy atom. The third-order valence-corrected chi connectivity index (χ3v) is 5.43. The predicted octanol–water partition coefficient (Wildman–Crippen LogP) is 2.92. The molecule has 0 radical (unpaired) electrons. The number of nitrogens with one attached hydrogen (secondary N) is 2. The second kappa shape index (κ2) is 6.55. The highest BCUT2D eigenvalue weighted by atomic mass is 15.2. The van der Waals surface area contributed by atoms with Gasteiger partial charge in [0.1, 0.15) is 5.82 Å². The number of anilines is 1. The van der Waals surface area contributed by atoms with Crippen molar-refractivity contribution in [3.8, 4) is 0 Å². The predicted molar refractivity (Wildman–Crippen MR) is 96.4 cm³/mol. The highest BCUT2D eigenvalue weighted by Crippen LogP contribution is 2.28. The molecule has 1 aromatic heterocycles. The van der Waals surface area contributed by atoms with Crippen LogP contribution in [-0.4, -0.2) is 34.3 Å². The summed E-state index contributed by atoms with van der Waals surface area (Å²) in [5.41, 5.74) is 4.54. The summed E-state index contributed by atoms with van der Waals surface area (Å²) in [5.74, 6) is 1.75. The normalized spacial score (nSPS) is 19.5. The topological polar surface area (TPSA) is 56.8 Å². The van der Waals surface area contributed by atoms with Crippen LogP contribution in [0.3, 0.4) is 0 Å². The zero-order valence-electron chi connectivity index (χ0n) is 14.7. The molecule has 1 atom stereocenters. The van der Waals surface area contributed by atoms with Crippen LogP contribution in [0.2, 0.25) is 0 Å². The van der Waals surface area contributed by atoms with Gasteiger partial charge in [0.05, 0.1) is 6.04 Å². The van der Waals surface area contributed by atoms with Crippen LogP contribution in [-0.2, 0) is 12.8 Å². The fourth-order valence-electron chi connectivity index (χ4n) is 4.04. The Bertz CT molecular complexity index is 700. The third-order valence-electron chi connectivity index (χ3n) is 5.43. The van der Waals surface area contributed by atoms with E-state index in [0.29, 0.717) is 6.04 Å². The molecule has 0 amide bonds. The Labute approximate surface area is 143 Å². The summed E-state index contributed by atoms with van der Waals surface area (Å²) in [6.45, 7) is 6.33. The average Bonchev–Trinajstić information content (AvgIpc) is 3.23. The monoisotopic (exact) mass is 325 g/mol. The molecule has 24 heavy (non-hydrogen) atoms. The lowest BCUT2D eigenvalue weighted by atomic mass is 10.0. The van der Waals surface area contributed by atoms with Crippen LogP contribution in [0.4, 0.5) is 5.69 Å². The number of H-pyrrole nitrogens is 1. The molecule has 1 fully saturated rings. The molecular formula is C19H27N5. The van der Waals surface area contributed by atoms with Gasteiger partial charge in [0.25, 0.3) is 0 Å². The number of aryl methyl sites for hydroxylation is 3. The number of rotatable bonds is 4. The summed E-state index contributed by atoms with van der Waals surface area (Å²) in [7, 11) is 0. The summed E-state index contributed by atoms with van der Waals surface area (Å²) < 4.78 is 0. The molecule has 1 saturated heterocycles. The molecule has 2 heterocycles. The third kappa shape index (κ3) is 3.18. The van der Waals surface area contributed by atoms with Crippen molar-refractivity contribution in [1.29, 1.82) is 0 Å². The zero-order chi connectivity index (χ0) is 16.5. The van der Waals surface area contributed by atoms with E-state index in [1.54, 1.807) is 11.1 Å². The molecule has 1 unspecified atom stereocenters. The Morgan fingerprint density at radius 2 is 2.00 bits per heavy atom. The summed E-state index contributed by atoms with van der Waals surface area (Å²) >= 11 is 0. The first kappa shape index (κ1) is 15.6. The van der Waals surface area contributed by atoms with Gasteiger partial charge in [0, 0.05) is 24.8 Å². The Hall–Kier alpha value is -1.88. The van der Waals surface area contributed by atoms with Gasteiger partial charge in [-0.1, -0.05) is 6.07 Å². The van der Waals surface area contributed by atoms with Crippen molar-refractivity contribution in [1.82, 2.24) is 20.5 Å². The first-order valence-corrected chi connectivity index (χ1v) is 9.21. The Balaban J connectivity index is 1.33. The van der Waals surface area contributed by atoms with Crippen molar-refractivity contribution >= 4 is 5.69 Å². The second-order valence-corrected chi connectivity index (χ2v) is 7.24. The van der Waals surface area contributed by atoms with E-state index in [0.717, 1.165) is 24.7 Å². The maximum absolute atomic E-state index is 4.43. The van der Waals surface area contributed by atoms with Gasteiger partial charge in [0.2, 0.25) is 0 Å². The number of aromatic amines is 1. The van der Waals surface area contributed by atoms with Gasteiger partial charge in [-0.05, 0) is 69.2 Å². The Kier molecular flexibility index (Phi) is 4.27. The van der Waals surface area contributed by atoms with Gasteiger partial charge in [-0.15, -0.1) is 0 Å². The van der Waals surface area contributed by atoms with Crippen molar-refractivity contribution < 1.29 is 0 Å². The van der Waals surface area contributed by atoms with Gasteiger partial charge in [-0.2, -0.15) is 5.10 Å². The zero-order valence-corrected chi connectivity index (χ0v) is 14.7. The van der Waals surface area contributed by atoms with Crippen LogP contribution in [0.15, 0.2) is 18.2 Å². The Morgan fingerprint density at radius 3 is 2.75 bits per heavy atom. The molecule has 5 heteroatoms. The van der Waals surface area contributed by atoms with Gasteiger partial charge >= 0.3 is 0 Å². The van der Waals surface area contributed by atoms with Crippen LogP contribution in [0.5, 0.6) is 0 Å². The molecular weight excluding hydrogens is 298 g/mol. The lowest BCUT2D eigenvalue weighted by Gasteiger charge is -2.35. The minimum atomic E-state index is 0.200. The van der Waals surface area contributed by atoms with Crippen molar-refractivity contribution in [2.75, 3.05) is 18.0 Å². The van der Waals surface area contributed by atoms with Crippen LogP contribution < -0.4 is 10.2 Å². The van der Waals surface area contributed by atoms with Gasteiger partial charge < -0.3 is 10.2 Å². The highest BCUT2D eigenvalue weighted by molar-refractivity contribution is 5.52. The summed E-state index contributed by atoms with van der Waals surface area (Å²) in [4.78, 5) is 6.97. The number of benzene rings is 1. The largest absolute Gasteiger partial charge is 0.371 e. The van der Waals surface area contributed by atoms with Crippen LogP contribution in [0.25, 0.3) is 0 Å². The molecule has 2 aliphatic rings. The molecule has 1 aliphatic carbocycles. The number of nitrogens with zero attached hydrogens (tertiary/aromatic N) is 3.